The lowest BCUT2D eigenvalue weighted by molar-refractivity contribution is 0.590. The Labute approximate surface area is 112 Å². The molecular weight excluding hydrogens is 220 g/mol. The highest BCUT2D eigenvalue weighted by atomic mass is 15.1. The van der Waals surface area contributed by atoms with E-state index in [1.165, 1.54) is 29.7 Å². The van der Waals surface area contributed by atoms with Crippen LogP contribution in [0.2, 0.25) is 0 Å². The van der Waals surface area contributed by atoms with E-state index in [4.69, 9.17) is 0 Å². The van der Waals surface area contributed by atoms with Gasteiger partial charge in [-0.25, -0.2) is 0 Å². The van der Waals surface area contributed by atoms with Crippen molar-refractivity contribution in [3.8, 4) is 0 Å². The largest absolute Gasteiger partial charge is 0.371 e. The third-order valence-corrected chi connectivity index (χ3v) is 3.71. The maximum atomic E-state index is 3.37. The Hall–Kier alpha value is -1.02. The number of benzene rings is 1. The lowest BCUT2D eigenvalue weighted by Crippen LogP contribution is -2.30. The fourth-order valence-electron chi connectivity index (χ4n) is 2.53. The summed E-state index contributed by atoms with van der Waals surface area (Å²) in [5.74, 6) is 0. The predicted octanol–water partition coefficient (Wildman–Crippen LogP) is 3.73. The SMILES string of the molecule is CCNCc1ccc(N(C)C(CC)CC)c(C)c1. The molecule has 0 fully saturated rings. The monoisotopic (exact) mass is 248 g/mol. The maximum Gasteiger partial charge on any atom is 0.0396 e. The Kier molecular flexibility index (Phi) is 6.20. The van der Waals surface area contributed by atoms with Crippen LogP contribution < -0.4 is 10.2 Å². The van der Waals surface area contributed by atoms with E-state index in [-0.39, 0.29) is 0 Å². The summed E-state index contributed by atoms with van der Waals surface area (Å²) in [6.45, 7) is 10.9. The molecule has 0 spiro atoms. The molecule has 0 atom stereocenters. The third-order valence-electron chi connectivity index (χ3n) is 3.71. The van der Waals surface area contributed by atoms with Crippen LogP contribution in [0.3, 0.4) is 0 Å². The van der Waals surface area contributed by atoms with Gasteiger partial charge >= 0.3 is 0 Å². The average Bonchev–Trinajstić information content (AvgIpc) is 2.37. The highest BCUT2D eigenvalue weighted by molar-refractivity contribution is 5.54. The van der Waals surface area contributed by atoms with Crippen molar-refractivity contribution in [3.63, 3.8) is 0 Å². The molecular formula is C16H28N2. The Morgan fingerprint density at radius 3 is 2.33 bits per heavy atom. The van der Waals surface area contributed by atoms with Crippen LogP contribution >= 0.6 is 0 Å². The van der Waals surface area contributed by atoms with E-state index in [0.717, 1.165) is 13.1 Å². The predicted molar refractivity (Wildman–Crippen MR) is 81.3 cm³/mol. The first-order chi connectivity index (χ1) is 8.63. The topological polar surface area (TPSA) is 15.3 Å². The van der Waals surface area contributed by atoms with Crippen LogP contribution in [-0.4, -0.2) is 19.6 Å². The van der Waals surface area contributed by atoms with Crippen LogP contribution in [0.5, 0.6) is 0 Å². The number of anilines is 1. The van der Waals surface area contributed by atoms with Gasteiger partial charge in [-0.15, -0.1) is 0 Å². The van der Waals surface area contributed by atoms with E-state index >= 15 is 0 Å². The molecule has 0 saturated heterocycles. The molecule has 0 amide bonds. The molecule has 1 aromatic carbocycles. The summed E-state index contributed by atoms with van der Waals surface area (Å²) in [7, 11) is 2.21. The fourth-order valence-corrected chi connectivity index (χ4v) is 2.53. The zero-order valence-corrected chi connectivity index (χ0v) is 12.6. The van der Waals surface area contributed by atoms with E-state index < -0.39 is 0 Å². The molecule has 1 aromatic rings. The van der Waals surface area contributed by atoms with Crippen molar-refractivity contribution < 1.29 is 0 Å². The quantitative estimate of drug-likeness (QED) is 0.791. The van der Waals surface area contributed by atoms with Crippen LogP contribution in [-0.2, 0) is 6.54 Å². The summed E-state index contributed by atoms with van der Waals surface area (Å²) in [6, 6.07) is 7.45. The molecule has 0 bridgehead atoms. The van der Waals surface area contributed by atoms with E-state index in [9.17, 15) is 0 Å². The number of hydrogen-bond acceptors (Lipinski definition) is 2. The van der Waals surface area contributed by atoms with Gasteiger partial charge in [-0.1, -0.05) is 32.9 Å². The van der Waals surface area contributed by atoms with Crippen LogP contribution in [0.15, 0.2) is 18.2 Å². The second-order valence-electron chi connectivity index (χ2n) is 4.98. The van der Waals surface area contributed by atoms with Gasteiger partial charge in [0.1, 0.15) is 0 Å². The van der Waals surface area contributed by atoms with E-state index in [2.05, 4.69) is 63.2 Å². The minimum Gasteiger partial charge on any atom is -0.371 e. The van der Waals surface area contributed by atoms with Gasteiger partial charge in [-0.3, -0.25) is 0 Å². The van der Waals surface area contributed by atoms with Gasteiger partial charge in [0.25, 0.3) is 0 Å². The van der Waals surface area contributed by atoms with Gasteiger partial charge in [-0.05, 0) is 43.5 Å². The molecule has 1 rings (SSSR count). The van der Waals surface area contributed by atoms with Crippen LogP contribution in [0, 0.1) is 6.92 Å². The van der Waals surface area contributed by atoms with E-state index in [0.29, 0.717) is 6.04 Å². The van der Waals surface area contributed by atoms with Crippen molar-refractivity contribution in [2.45, 2.75) is 53.1 Å². The Balaban J connectivity index is 2.84. The first kappa shape index (κ1) is 15.0. The van der Waals surface area contributed by atoms with Gasteiger partial charge in [-0.2, -0.15) is 0 Å². The maximum absolute atomic E-state index is 3.37. The summed E-state index contributed by atoms with van der Waals surface area (Å²) in [6.07, 6.45) is 2.40. The number of nitrogens with zero attached hydrogens (tertiary/aromatic N) is 1. The number of rotatable bonds is 7. The first-order valence-electron chi connectivity index (χ1n) is 7.17. The first-order valence-corrected chi connectivity index (χ1v) is 7.17. The zero-order valence-electron chi connectivity index (χ0n) is 12.6. The molecule has 0 aliphatic rings. The molecule has 0 radical (unpaired) electrons. The van der Waals surface area contributed by atoms with Crippen molar-refractivity contribution in [3.05, 3.63) is 29.3 Å². The summed E-state index contributed by atoms with van der Waals surface area (Å²) < 4.78 is 0. The van der Waals surface area contributed by atoms with Gasteiger partial charge in [0.05, 0.1) is 0 Å². The molecule has 0 saturated carbocycles. The van der Waals surface area contributed by atoms with Gasteiger partial charge in [0, 0.05) is 25.3 Å². The zero-order chi connectivity index (χ0) is 13.5. The van der Waals surface area contributed by atoms with Gasteiger partial charge < -0.3 is 10.2 Å². The Bertz CT molecular complexity index is 356. The molecule has 1 N–H and O–H groups in total. The summed E-state index contributed by atoms with van der Waals surface area (Å²) in [4.78, 5) is 2.42. The van der Waals surface area contributed by atoms with Crippen LogP contribution in [0.4, 0.5) is 5.69 Å². The van der Waals surface area contributed by atoms with Crippen molar-refractivity contribution in [2.24, 2.45) is 0 Å². The van der Waals surface area contributed by atoms with Crippen LogP contribution in [0.25, 0.3) is 0 Å². The Morgan fingerprint density at radius 1 is 1.17 bits per heavy atom. The molecule has 0 unspecified atom stereocenters. The molecule has 0 aromatic heterocycles. The smallest absolute Gasteiger partial charge is 0.0396 e. The summed E-state index contributed by atoms with van der Waals surface area (Å²) in [5, 5.41) is 3.37. The fraction of sp³-hybridized carbons (Fsp3) is 0.625. The molecule has 0 aliphatic heterocycles. The van der Waals surface area contributed by atoms with Crippen molar-refractivity contribution in [2.75, 3.05) is 18.5 Å². The number of nitrogens with one attached hydrogen (secondary N) is 1. The standard InChI is InChI=1S/C16H28N2/c1-6-15(7-2)18(5)16-10-9-14(11-13(16)4)12-17-8-3/h9-11,15,17H,6-8,12H2,1-5H3. The molecule has 2 nitrogen and oxygen atoms in total. The van der Waals surface area contributed by atoms with Gasteiger partial charge in [0.2, 0.25) is 0 Å². The number of hydrogen-bond donors (Lipinski definition) is 1. The lowest BCUT2D eigenvalue weighted by Gasteiger charge is -2.30. The lowest BCUT2D eigenvalue weighted by atomic mass is 10.1. The highest BCUT2D eigenvalue weighted by Gasteiger charge is 2.13. The number of aryl methyl sites for hydroxylation is 1. The summed E-state index contributed by atoms with van der Waals surface area (Å²) >= 11 is 0. The van der Waals surface area contributed by atoms with Crippen molar-refractivity contribution >= 4 is 5.69 Å². The molecule has 0 heterocycles. The molecule has 0 aliphatic carbocycles. The normalized spacial score (nSPS) is 11.0. The molecule has 102 valence electrons. The van der Waals surface area contributed by atoms with Crippen molar-refractivity contribution in [1.82, 2.24) is 5.32 Å². The van der Waals surface area contributed by atoms with Crippen molar-refractivity contribution in [1.29, 1.82) is 0 Å². The second-order valence-corrected chi connectivity index (χ2v) is 4.98. The van der Waals surface area contributed by atoms with Crippen LogP contribution in [0.1, 0.15) is 44.7 Å². The average molecular weight is 248 g/mol. The third kappa shape index (κ3) is 3.74. The molecule has 2 heteroatoms. The Morgan fingerprint density at radius 2 is 1.83 bits per heavy atom. The highest BCUT2D eigenvalue weighted by Crippen LogP contribution is 2.24. The minimum absolute atomic E-state index is 0.642. The van der Waals surface area contributed by atoms with E-state index in [1.54, 1.807) is 0 Å². The molecule has 18 heavy (non-hydrogen) atoms. The summed E-state index contributed by atoms with van der Waals surface area (Å²) in [5.41, 5.74) is 4.11. The second kappa shape index (κ2) is 7.42. The van der Waals surface area contributed by atoms with E-state index in [1.807, 2.05) is 0 Å². The minimum atomic E-state index is 0.642. The van der Waals surface area contributed by atoms with Gasteiger partial charge in [0.15, 0.2) is 0 Å².